The predicted molar refractivity (Wildman–Crippen MR) is 76.8 cm³/mol. The van der Waals surface area contributed by atoms with Crippen LogP contribution in [0.25, 0.3) is 0 Å². The highest BCUT2D eigenvalue weighted by Gasteiger charge is 2.22. The fourth-order valence-corrected chi connectivity index (χ4v) is 2.87. The minimum atomic E-state index is 0.148. The second kappa shape index (κ2) is 6.10. The van der Waals surface area contributed by atoms with Crippen molar-refractivity contribution in [3.8, 4) is 5.75 Å². The lowest BCUT2D eigenvalue weighted by Gasteiger charge is -2.22. The molecule has 106 valence electrons. The normalized spacial score (nSPS) is 14.7. The van der Waals surface area contributed by atoms with Crippen LogP contribution in [-0.2, 0) is 4.79 Å². The van der Waals surface area contributed by atoms with Crippen molar-refractivity contribution in [3.05, 3.63) is 0 Å². The number of carbonyl (C=O) groups is 1. The van der Waals surface area contributed by atoms with Crippen molar-refractivity contribution in [2.24, 2.45) is 0 Å². The summed E-state index contributed by atoms with van der Waals surface area (Å²) < 4.78 is 9.58. The average Bonchev–Trinajstić information content (AvgIpc) is 3.01. The molecule has 0 saturated carbocycles. The summed E-state index contributed by atoms with van der Waals surface area (Å²) in [6, 6.07) is 0. The lowest BCUT2D eigenvalue weighted by Crippen LogP contribution is -2.37. The van der Waals surface area contributed by atoms with E-state index in [4.69, 9.17) is 10.5 Å². The smallest absolute Gasteiger partial charge is 0.242 e. The number of aromatic nitrogens is 1. The Kier molecular flexibility index (Phi) is 4.47. The van der Waals surface area contributed by atoms with Gasteiger partial charge in [-0.1, -0.05) is 0 Å². The van der Waals surface area contributed by atoms with Crippen LogP contribution in [0.15, 0.2) is 0 Å². The number of amides is 1. The van der Waals surface area contributed by atoms with Gasteiger partial charge in [0.05, 0.1) is 13.2 Å². The van der Waals surface area contributed by atoms with Crippen LogP contribution >= 0.6 is 11.5 Å². The Labute approximate surface area is 117 Å². The van der Waals surface area contributed by atoms with Crippen LogP contribution in [0.1, 0.15) is 19.8 Å². The number of nitrogen functional groups attached to an aromatic ring is 1. The zero-order valence-corrected chi connectivity index (χ0v) is 12.2. The molecule has 0 bridgehead atoms. The summed E-state index contributed by atoms with van der Waals surface area (Å²) in [5.74, 6) is 1.13. The number of hydrogen-bond donors (Lipinski definition) is 1. The van der Waals surface area contributed by atoms with Gasteiger partial charge < -0.3 is 20.3 Å². The number of carbonyl (C=O) groups excluding carboxylic acids is 1. The molecule has 2 rings (SSSR count). The molecule has 0 radical (unpaired) electrons. The van der Waals surface area contributed by atoms with Crippen molar-refractivity contribution in [2.45, 2.75) is 19.8 Å². The Hall–Kier alpha value is -1.50. The van der Waals surface area contributed by atoms with Gasteiger partial charge in [0.15, 0.2) is 16.6 Å². The molecule has 0 atom stereocenters. The number of likely N-dealkylation sites (tertiary alicyclic amines) is 1. The molecular formula is C12H20N4O2S. The standard InChI is InChI=1S/C12H20N4O2S/c1-3-18-10-11(13)14-19-12(10)15(2)8-9(17)16-6-4-5-7-16/h3-8H2,1-2H3,(H2,13,14). The van der Waals surface area contributed by atoms with E-state index in [0.29, 0.717) is 24.7 Å². The second-order valence-electron chi connectivity index (χ2n) is 4.58. The van der Waals surface area contributed by atoms with Crippen molar-refractivity contribution in [2.75, 3.05) is 43.9 Å². The number of ether oxygens (including phenoxy) is 1. The minimum Gasteiger partial charge on any atom is -0.487 e. The minimum absolute atomic E-state index is 0.148. The fourth-order valence-electron chi connectivity index (χ4n) is 2.15. The second-order valence-corrected chi connectivity index (χ2v) is 5.33. The van der Waals surface area contributed by atoms with E-state index in [1.54, 1.807) is 0 Å². The summed E-state index contributed by atoms with van der Waals surface area (Å²) in [5, 5.41) is 0.812. The van der Waals surface area contributed by atoms with Crippen LogP contribution in [-0.4, -0.2) is 48.5 Å². The largest absolute Gasteiger partial charge is 0.487 e. The lowest BCUT2D eigenvalue weighted by atomic mass is 10.4. The molecule has 1 amide bonds. The van der Waals surface area contributed by atoms with Gasteiger partial charge in [-0.25, -0.2) is 0 Å². The Bertz CT molecular complexity index is 443. The zero-order chi connectivity index (χ0) is 13.8. The first-order valence-electron chi connectivity index (χ1n) is 6.50. The van der Waals surface area contributed by atoms with Crippen molar-refractivity contribution in [1.82, 2.24) is 9.27 Å². The molecule has 7 heteroatoms. The summed E-state index contributed by atoms with van der Waals surface area (Å²) >= 11 is 1.26. The van der Waals surface area contributed by atoms with Crippen LogP contribution in [0, 0.1) is 0 Å². The van der Waals surface area contributed by atoms with Gasteiger partial charge in [-0.3, -0.25) is 4.79 Å². The maximum absolute atomic E-state index is 12.1. The summed E-state index contributed by atoms with van der Waals surface area (Å²) in [5.41, 5.74) is 5.77. The first-order valence-corrected chi connectivity index (χ1v) is 7.27. The highest BCUT2D eigenvalue weighted by Crippen LogP contribution is 2.37. The fraction of sp³-hybridized carbons (Fsp3) is 0.667. The van der Waals surface area contributed by atoms with Crippen molar-refractivity contribution in [3.63, 3.8) is 0 Å². The molecule has 1 fully saturated rings. The van der Waals surface area contributed by atoms with Crippen LogP contribution in [0.4, 0.5) is 10.8 Å². The molecule has 19 heavy (non-hydrogen) atoms. The van der Waals surface area contributed by atoms with Crippen molar-refractivity contribution < 1.29 is 9.53 Å². The van der Waals surface area contributed by atoms with Crippen molar-refractivity contribution >= 4 is 28.3 Å². The highest BCUT2D eigenvalue weighted by molar-refractivity contribution is 7.11. The molecule has 1 aromatic heterocycles. The number of anilines is 2. The topological polar surface area (TPSA) is 71.7 Å². The predicted octanol–water partition coefficient (Wildman–Crippen LogP) is 1.18. The van der Waals surface area contributed by atoms with Gasteiger partial charge >= 0.3 is 0 Å². The van der Waals surface area contributed by atoms with Crippen LogP contribution in [0.3, 0.4) is 0 Å². The van der Waals surface area contributed by atoms with E-state index in [2.05, 4.69) is 4.37 Å². The van der Waals surface area contributed by atoms with E-state index in [0.717, 1.165) is 30.9 Å². The Morgan fingerprint density at radius 3 is 2.84 bits per heavy atom. The van der Waals surface area contributed by atoms with E-state index >= 15 is 0 Å². The molecule has 1 aromatic rings. The first kappa shape index (κ1) is 13.9. The van der Waals surface area contributed by atoms with E-state index in [9.17, 15) is 4.79 Å². The summed E-state index contributed by atoms with van der Waals surface area (Å²) in [6.07, 6.45) is 2.21. The van der Waals surface area contributed by atoms with Gasteiger partial charge in [0, 0.05) is 20.1 Å². The monoisotopic (exact) mass is 284 g/mol. The number of rotatable bonds is 5. The average molecular weight is 284 g/mol. The molecular weight excluding hydrogens is 264 g/mol. The maximum atomic E-state index is 12.1. The summed E-state index contributed by atoms with van der Waals surface area (Å²) in [7, 11) is 1.86. The molecule has 1 aliphatic rings. The third kappa shape index (κ3) is 3.09. The van der Waals surface area contributed by atoms with E-state index < -0.39 is 0 Å². The molecule has 1 aliphatic heterocycles. The number of likely N-dealkylation sites (N-methyl/N-ethyl adjacent to an activating group) is 1. The lowest BCUT2D eigenvalue weighted by molar-refractivity contribution is -0.128. The van der Waals surface area contributed by atoms with Gasteiger partial charge in [-0.15, -0.1) is 0 Å². The summed E-state index contributed by atoms with van der Waals surface area (Å²) in [4.78, 5) is 15.9. The van der Waals surface area contributed by atoms with Gasteiger partial charge in [0.25, 0.3) is 0 Å². The molecule has 6 nitrogen and oxygen atoms in total. The maximum Gasteiger partial charge on any atom is 0.242 e. The molecule has 0 aliphatic carbocycles. The number of nitrogens with two attached hydrogens (primary N) is 1. The van der Waals surface area contributed by atoms with Crippen LogP contribution in [0.5, 0.6) is 5.75 Å². The van der Waals surface area contributed by atoms with Gasteiger partial charge in [0.1, 0.15) is 0 Å². The van der Waals surface area contributed by atoms with E-state index in [-0.39, 0.29) is 5.91 Å². The number of nitrogens with zero attached hydrogens (tertiary/aromatic N) is 3. The Morgan fingerprint density at radius 2 is 2.21 bits per heavy atom. The molecule has 0 unspecified atom stereocenters. The number of hydrogen-bond acceptors (Lipinski definition) is 6. The van der Waals surface area contributed by atoms with Gasteiger partial charge in [-0.2, -0.15) is 4.37 Å². The quantitative estimate of drug-likeness (QED) is 0.879. The highest BCUT2D eigenvalue weighted by atomic mass is 32.1. The van der Waals surface area contributed by atoms with Crippen LogP contribution in [0.2, 0.25) is 0 Å². The van der Waals surface area contributed by atoms with Crippen LogP contribution < -0.4 is 15.4 Å². The summed E-state index contributed by atoms with van der Waals surface area (Å²) in [6.45, 7) is 4.51. The Balaban J connectivity index is 2.02. The molecule has 2 heterocycles. The third-order valence-electron chi connectivity index (χ3n) is 3.12. The third-order valence-corrected chi connectivity index (χ3v) is 4.08. The van der Waals surface area contributed by atoms with Gasteiger partial charge in [0.2, 0.25) is 5.91 Å². The Morgan fingerprint density at radius 1 is 1.53 bits per heavy atom. The van der Waals surface area contributed by atoms with E-state index in [1.165, 1.54) is 11.5 Å². The molecule has 0 spiro atoms. The molecule has 0 aromatic carbocycles. The molecule has 2 N–H and O–H groups in total. The van der Waals surface area contributed by atoms with Crippen molar-refractivity contribution in [1.29, 1.82) is 0 Å². The molecule has 1 saturated heterocycles. The SMILES string of the molecule is CCOc1c(N)nsc1N(C)CC(=O)N1CCCC1. The van der Waals surface area contributed by atoms with Gasteiger partial charge in [-0.05, 0) is 31.3 Å². The zero-order valence-electron chi connectivity index (χ0n) is 11.4. The first-order chi connectivity index (χ1) is 9.13. The van der Waals surface area contributed by atoms with E-state index in [1.807, 2.05) is 23.8 Å².